The molecular weight excluding hydrogens is 242 g/mol. The molecule has 1 fully saturated rings. The molecule has 0 heterocycles. The van der Waals surface area contributed by atoms with Gasteiger partial charge in [0.05, 0.1) is 0 Å². The molecule has 1 amide bonds. The van der Waals surface area contributed by atoms with Crippen LogP contribution in [-0.4, -0.2) is 49.3 Å². The summed E-state index contributed by atoms with van der Waals surface area (Å²) in [6.07, 6.45) is 3.20. The topological polar surface area (TPSA) is 67.6 Å². The fourth-order valence-electron chi connectivity index (χ4n) is 2.03. The van der Waals surface area contributed by atoms with E-state index < -0.39 is 5.60 Å². The van der Waals surface area contributed by atoms with Crippen LogP contribution in [-0.2, 0) is 4.74 Å². The fraction of sp³-hybridized carbons (Fsp3) is 0.929. The number of rotatable bonds is 7. The lowest BCUT2D eigenvalue weighted by atomic mass is 10.1. The van der Waals surface area contributed by atoms with Gasteiger partial charge in [0, 0.05) is 25.7 Å². The van der Waals surface area contributed by atoms with Gasteiger partial charge in [-0.1, -0.05) is 0 Å². The average molecular weight is 271 g/mol. The van der Waals surface area contributed by atoms with Crippen molar-refractivity contribution in [2.75, 3.05) is 26.7 Å². The summed E-state index contributed by atoms with van der Waals surface area (Å²) in [7, 11) is 2.11. The molecule has 1 saturated carbocycles. The van der Waals surface area contributed by atoms with Crippen molar-refractivity contribution in [3.63, 3.8) is 0 Å². The summed E-state index contributed by atoms with van der Waals surface area (Å²) in [6, 6.07) is 0.329. The Morgan fingerprint density at radius 2 is 2.11 bits per heavy atom. The molecule has 0 saturated heterocycles. The van der Waals surface area contributed by atoms with E-state index in [2.05, 4.69) is 17.3 Å². The first-order chi connectivity index (χ1) is 8.81. The molecule has 0 radical (unpaired) electrons. The van der Waals surface area contributed by atoms with E-state index in [1.807, 2.05) is 20.8 Å². The summed E-state index contributed by atoms with van der Waals surface area (Å²) < 4.78 is 5.19. The summed E-state index contributed by atoms with van der Waals surface area (Å²) in [5.74, 6) is 0.859. The van der Waals surface area contributed by atoms with Gasteiger partial charge in [0.1, 0.15) is 5.60 Å². The van der Waals surface area contributed by atoms with Gasteiger partial charge in [0.15, 0.2) is 0 Å². The number of likely N-dealkylation sites (N-methyl/N-ethyl adjacent to an activating group) is 1. The molecule has 3 N–H and O–H groups in total. The fourth-order valence-corrected chi connectivity index (χ4v) is 2.03. The normalized spacial score (nSPS) is 17.4. The minimum absolute atomic E-state index is 0.329. The molecule has 5 nitrogen and oxygen atoms in total. The summed E-state index contributed by atoms with van der Waals surface area (Å²) in [5.41, 5.74) is 5.36. The van der Waals surface area contributed by atoms with Crippen LogP contribution in [0, 0.1) is 5.92 Å². The second-order valence-electron chi connectivity index (χ2n) is 6.49. The van der Waals surface area contributed by atoms with Crippen LogP contribution in [0.5, 0.6) is 0 Å². The SMILES string of the molecule is CN(CC1CC1)C(CN)CCNC(=O)OC(C)(C)C. The molecule has 1 aliphatic rings. The number of alkyl carbamates (subject to hydrolysis) is 1. The van der Waals surface area contributed by atoms with Crippen LogP contribution in [0.15, 0.2) is 0 Å². The smallest absolute Gasteiger partial charge is 0.407 e. The number of nitrogens with zero attached hydrogens (tertiary/aromatic N) is 1. The zero-order chi connectivity index (χ0) is 14.5. The van der Waals surface area contributed by atoms with Gasteiger partial charge in [-0.2, -0.15) is 0 Å². The van der Waals surface area contributed by atoms with Crippen LogP contribution in [0.25, 0.3) is 0 Å². The first kappa shape index (κ1) is 16.2. The van der Waals surface area contributed by atoms with Crippen molar-refractivity contribution in [2.45, 2.75) is 51.7 Å². The second kappa shape index (κ2) is 7.10. The lowest BCUT2D eigenvalue weighted by Gasteiger charge is -2.27. The van der Waals surface area contributed by atoms with Crippen molar-refractivity contribution in [3.8, 4) is 0 Å². The highest BCUT2D eigenvalue weighted by atomic mass is 16.6. The molecule has 0 aromatic carbocycles. The number of ether oxygens (including phenoxy) is 1. The molecule has 112 valence electrons. The minimum atomic E-state index is -0.444. The van der Waals surface area contributed by atoms with Crippen molar-refractivity contribution in [1.29, 1.82) is 0 Å². The van der Waals surface area contributed by atoms with Gasteiger partial charge in [-0.15, -0.1) is 0 Å². The van der Waals surface area contributed by atoms with Gasteiger partial charge >= 0.3 is 6.09 Å². The molecule has 0 aromatic heterocycles. The predicted octanol–water partition coefficient (Wildman–Crippen LogP) is 1.57. The molecule has 1 aliphatic carbocycles. The molecule has 19 heavy (non-hydrogen) atoms. The molecule has 5 heteroatoms. The summed E-state index contributed by atoms with van der Waals surface area (Å²) in [5, 5.41) is 2.78. The Kier molecular flexibility index (Phi) is 6.07. The van der Waals surface area contributed by atoms with E-state index in [9.17, 15) is 4.79 Å². The van der Waals surface area contributed by atoms with Crippen LogP contribution in [0.1, 0.15) is 40.0 Å². The molecule has 0 aliphatic heterocycles. The van der Waals surface area contributed by atoms with E-state index in [4.69, 9.17) is 10.5 Å². The van der Waals surface area contributed by atoms with E-state index in [-0.39, 0.29) is 6.09 Å². The Balaban J connectivity index is 2.19. The molecular formula is C14H29N3O2. The predicted molar refractivity (Wildman–Crippen MR) is 77.1 cm³/mol. The number of carbonyl (C=O) groups excluding carboxylic acids is 1. The van der Waals surface area contributed by atoms with Gasteiger partial charge in [-0.05, 0) is 53.0 Å². The molecule has 1 unspecified atom stereocenters. The van der Waals surface area contributed by atoms with Gasteiger partial charge in [0.2, 0.25) is 0 Å². The molecule has 0 aromatic rings. The molecule has 1 rings (SSSR count). The summed E-state index contributed by atoms with van der Waals surface area (Å²) in [4.78, 5) is 13.8. The number of nitrogens with one attached hydrogen (secondary N) is 1. The zero-order valence-electron chi connectivity index (χ0n) is 12.7. The van der Waals surface area contributed by atoms with Gasteiger partial charge in [-0.25, -0.2) is 4.79 Å². The largest absolute Gasteiger partial charge is 0.444 e. The van der Waals surface area contributed by atoms with Crippen molar-refractivity contribution < 1.29 is 9.53 Å². The first-order valence-electron chi connectivity index (χ1n) is 7.19. The Labute approximate surface area is 116 Å². The average Bonchev–Trinajstić information content (AvgIpc) is 3.05. The third-order valence-corrected chi connectivity index (χ3v) is 3.28. The lowest BCUT2D eigenvalue weighted by molar-refractivity contribution is 0.0522. The highest BCUT2D eigenvalue weighted by Crippen LogP contribution is 2.29. The Morgan fingerprint density at radius 1 is 1.47 bits per heavy atom. The third kappa shape index (κ3) is 7.38. The third-order valence-electron chi connectivity index (χ3n) is 3.28. The molecule has 1 atom stereocenters. The zero-order valence-corrected chi connectivity index (χ0v) is 12.7. The van der Waals surface area contributed by atoms with Gasteiger partial charge in [0.25, 0.3) is 0 Å². The highest BCUT2D eigenvalue weighted by Gasteiger charge is 2.25. The maximum absolute atomic E-state index is 11.5. The van der Waals surface area contributed by atoms with Crippen molar-refractivity contribution in [1.82, 2.24) is 10.2 Å². The van der Waals surface area contributed by atoms with Crippen molar-refractivity contribution in [2.24, 2.45) is 11.7 Å². The Bertz CT molecular complexity index is 285. The highest BCUT2D eigenvalue weighted by molar-refractivity contribution is 5.67. The Hall–Kier alpha value is -0.810. The van der Waals surface area contributed by atoms with Crippen molar-refractivity contribution >= 4 is 6.09 Å². The van der Waals surface area contributed by atoms with E-state index in [0.29, 0.717) is 19.1 Å². The van der Waals surface area contributed by atoms with Crippen LogP contribution in [0.2, 0.25) is 0 Å². The number of amides is 1. The lowest BCUT2D eigenvalue weighted by Crippen LogP contribution is -2.42. The van der Waals surface area contributed by atoms with Crippen LogP contribution in [0.4, 0.5) is 4.79 Å². The van der Waals surface area contributed by atoms with Crippen LogP contribution in [0.3, 0.4) is 0 Å². The number of carbonyl (C=O) groups is 1. The van der Waals surface area contributed by atoms with E-state index in [1.54, 1.807) is 0 Å². The quantitative estimate of drug-likeness (QED) is 0.737. The van der Waals surface area contributed by atoms with E-state index in [0.717, 1.165) is 18.9 Å². The first-order valence-corrected chi connectivity index (χ1v) is 7.19. The Morgan fingerprint density at radius 3 is 2.58 bits per heavy atom. The van der Waals surface area contributed by atoms with Crippen LogP contribution >= 0.6 is 0 Å². The monoisotopic (exact) mass is 271 g/mol. The van der Waals surface area contributed by atoms with Crippen molar-refractivity contribution in [3.05, 3.63) is 0 Å². The molecule has 0 bridgehead atoms. The van der Waals surface area contributed by atoms with Gasteiger partial charge < -0.3 is 20.7 Å². The maximum atomic E-state index is 11.5. The van der Waals surface area contributed by atoms with Crippen LogP contribution < -0.4 is 11.1 Å². The number of hydrogen-bond donors (Lipinski definition) is 2. The summed E-state index contributed by atoms with van der Waals surface area (Å²) >= 11 is 0. The second-order valence-corrected chi connectivity index (χ2v) is 6.49. The molecule has 0 spiro atoms. The minimum Gasteiger partial charge on any atom is -0.444 e. The number of hydrogen-bond acceptors (Lipinski definition) is 4. The number of nitrogens with two attached hydrogens (primary N) is 1. The van der Waals surface area contributed by atoms with E-state index >= 15 is 0 Å². The van der Waals surface area contributed by atoms with Gasteiger partial charge in [-0.3, -0.25) is 0 Å². The standard InChI is InChI=1S/C14H29N3O2/c1-14(2,3)19-13(18)16-8-7-12(9-15)17(4)10-11-5-6-11/h11-12H,5-10,15H2,1-4H3,(H,16,18). The van der Waals surface area contributed by atoms with E-state index in [1.165, 1.54) is 12.8 Å². The maximum Gasteiger partial charge on any atom is 0.407 e. The summed E-state index contributed by atoms with van der Waals surface area (Å²) in [6.45, 7) is 7.93.